The molecule has 4 atom stereocenters. The molecule has 0 saturated carbocycles. The van der Waals surface area contributed by atoms with E-state index in [0.29, 0.717) is 39.8 Å². The molecule has 4 N–H and O–H groups in total. The van der Waals surface area contributed by atoms with Crippen LogP contribution < -0.4 is 16.2 Å². The smallest absolute Gasteiger partial charge is 0.408 e. The van der Waals surface area contributed by atoms with Gasteiger partial charge >= 0.3 is 18.0 Å². The Morgan fingerprint density at radius 2 is 1.86 bits per heavy atom. The predicted octanol–water partition coefficient (Wildman–Crippen LogP) is 7.09. The number of methoxy groups -OCH3 is 1. The van der Waals surface area contributed by atoms with E-state index in [1.807, 2.05) is 19.9 Å². The number of benzene rings is 2. The van der Waals surface area contributed by atoms with Gasteiger partial charge in [-0.1, -0.05) is 50.2 Å². The molecular formula is C42H47F3N6O8. The van der Waals surface area contributed by atoms with Crippen LogP contribution in [0.25, 0.3) is 33.4 Å². The Hall–Kier alpha value is -5.78. The number of aromatic nitrogens is 3. The van der Waals surface area contributed by atoms with Gasteiger partial charge in [0.05, 0.1) is 36.0 Å². The average molecular weight is 821 g/mol. The highest BCUT2D eigenvalue weighted by Gasteiger charge is 2.35. The second-order valence-corrected chi connectivity index (χ2v) is 15.1. The van der Waals surface area contributed by atoms with Crippen molar-refractivity contribution >= 4 is 28.9 Å². The summed E-state index contributed by atoms with van der Waals surface area (Å²) < 4.78 is 68.2. The van der Waals surface area contributed by atoms with Gasteiger partial charge in [-0.15, -0.1) is 0 Å². The summed E-state index contributed by atoms with van der Waals surface area (Å²) in [6.45, 7) is 6.08. The maximum atomic E-state index is 16.1. The van der Waals surface area contributed by atoms with E-state index in [2.05, 4.69) is 26.1 Å². The van der Waals surface area contributed by atoms with Crippen LogP contribution in [0.3, 0.4) is 0 Å². The summed E-state index contributed by atoms with van der Waals surface area (Å²) >= 11 is 0. The maximum absolute atomic E-state index is 16.1. The van der Waals surface area contributed by atoms with Gasteiger partial charge in [0, 0.05) is 41.8 Å². The number of alkyl carbamates (subject to hydrolysis) is 1. The normalized spacial score (nSPS) is 16.1. The number of carbonyl (C=O) groups is 3. The molecule has 314 valence electrons. The van der Waals surface area contributed by atoms with Crippen molar-refractivity contribution in [1.82, 2.24) is 30.7 Å². The average Bonchev–Trinajstić information content (AvgIpc) is 3.83. The molecule has 1 amide bonds. The van der Waals surface area contributed by atoms with Crippen LogP contribution in [0.4, 0.5) is 18.0 Å². The quantitative estimate of drug-likeness (QED) is 0.0702. The van der Waals surface area contributed by atoms with Crippen LogP contribution in [0, 0.1) is 5.41 Å². The number of carboxylic acids is 1. The molecule has 5 aromatic rings. The summed E-state index contributed by atoms with van der Waals surface area (Å²) in [6, 6.07) is 15.0. The first-order valence-corrected chi connectivity index (χ1v) is 19.1. The van der Waals surface area contributed by atoms with Crippen molar-refractivity contribution in [3.05, 3.63) is 95.8 Å². The number of hydrazine groups is 1. The van der Waals surface area contributed by atoms with Gasteiger partial charge in [-0.25, -0.2) is 33.2 Å². The van der Waals surface area contributed by atoms with Crippen LogP contribution in [0.1, 0.15) is 68.7 Å². The number of nitrogens with one attached hydrogen (secondary N) is 3. The highest BCUT2D eigenvalue weighted by Crippen LogP contribution is 2.44. The summed E-state index contributed by atoms with van der Waals surface area (Å²) in [4.78, 5) is 46.6. The van der Waals surface area contributed by atoms with Crippen LogP contribution in [0.15, 0.2) is 77.5 Å². The first kappa shape index (κ1) is 42.8. The molecule has 1 aliphatic heterocycles. The summed E-state index contributed by atoms with van der Waals surface area (Å²) in [5.74, 6) is -1.81. The Balaban J connectivity index is 1.37. The van der Waals surface area contributed by atoms with Crippen molar-refractivity contribution in [3.63, 3.8) is 0 Å². The number of carbonyl (C=O) groups excluding carboxylic acids is 2. The van der Waals surface area contributed by atoms with Crippen LogP contribution in [0.5, 0.6) is 0 Å². The van der Waals surface area contributed by atoms with Crippen LogP contribution in [-0.4, -0.2) is 76.4 Å². The zero-order valence-corrected chi connectivity index (χ0v) is 33.0. The van der Waals surface area contributed by atoms with E-state index in [9.17, 15) is 28.3 Å². The highest BCUT2D eigenvalue weighted by molar-refractivity contribution is 5.95. The lowest BCUT2D eigenvalue weighted by Crippen LogP contribution is -2.50. The molecule has 1 saturated heterocycles. The molecule has 4 heterocycles. The van der Waals surface area contributed by atoms with Crippen molar-refractivity contribution in [3.8, 4) is 22.5 Å². The summed E-state index contributed by atoms with van der Waals surface area (Å²) in [7, 11) is 1.48. The zero-order valence-electron chi connectivity index (χ0n) is 33.0. The Labute approximate surface area is 338 Å². The van der Waals surface area contributed by atoms with Gasteiger partial charge in [0.15, 0.2) is 5.89 Å². The van der Waals surface area contributed by atoms with Crippen molar-refractivity contribution in [1.29, 1.82) is 0 Å². The molecule has 17 heteroatoms. The molecule has 2 aromatic carbocycles. The number of oxazole rings is 1. The van der Waals surface area contributed by atoms with Gasteiger partial charge in [-0.05, 0) is 61.6 Å². The lowest BCUT2D eigenvalue weighted by molar-refractivity contribution is -0.150. The number of ether oxygens (including phenoxy) is 3. The monoisotopic (exact) mass is 820 g/mol. The van der Waals surface area contributed by atoms with Crippen molar-refractivity contribution in [2.45, 2.75) is 84.0 Å². The number of fused-ring (bicyclic) bond motifs is 1. The van der Waals surface area contributed by atoms with Gasteiger partial charge in [-0.2, -0.15) is 0 Å². The molecule has 6 rings (SSSR count). The minimum absolute atomic E-state index is 0.0185. The number of carboxylic acid groups (broad SMARTS) is 1. The Morgan fingerprint density at radius 3 is 2.56 bits per heavy atom. The fourth-order valence-electron chi connectivity index (χ4n) is 6.99. The number of aliphatic carboxylic acids is 1. The number of hydrogen-bond acceptors (Lipinski definition) is 11. The Morgan fingerprint density at radius 1 is 1.08 bits per heavy atom. The van der Waals surface area contributed by atoms with Gasteiger partial charge in [0.1, 0.15) is 30.6 Å². The van der Waals surface area contributed by atoms with Crippen molar-refractivity contribution < 1.29 is 51.3 Å². The molecule has 3 unspecified atom stereocenters. The van der Waals surface area contributed by atoms with E-state index in [1.54, 1.807) is 55.5 Å². The van der Waals surface area contributed by atoms with Gasteiger partial charge in [0.25, 0.3) is 6.43 Å². The topological polar surface area (TPSA) is 179 Å². The van der Waals surface area contributed by atoms with Crippen LogP contribution >= 0.6 is 0 Å². The third-order valence-corrected chi connectivity index (χ3v) is 10.0. The molecule has 0 radical (unpaired) electrons. The minimum Gasteiger partial charge on any atom is -0.480 e. The number of halogens is 3. The lowest BCUT2D eigenvalue weighted by atomic mass is 9.84. The molecule has 14 nitrogen and oxygen atoms in total. The third kappa shape index (κ3) is 10.3. The lowest BCUT2D eigenvalue weighted by Gasteiger charge is -2.28. The summed E-state index contributed by atoms with van der Waals surface area (Å²) in [5, 5.41) is 12.6. The number of rotatable bonds is 17. The number of pyridine rings is 1. The summed E-state index contributed by atoms with van der Waals surface area (Å²) in [6.07, 6.45) is -3.67. The number of amides is 1. The highest BCUT2D eigenvalue weighted by atomic mass is 19.3. The molecule has 1 aliphatic rings. The van der Waals surface area contributed by atoms with E-state index < -0.39 is 54.4 Å². The summed E-state index contributed by atoms with van der Waals surface area (Å²) in [5.41, 5.74) is 8.11. The molecule has 1 fully saturated rings. The number of nitrogens with zero attached hydrogens (tertiary/aromatic N) is 3. The SMILES string of the molecule is CO[C@@H](C)c1ncccc1-c1c(CC(C)(C)COC(=O)C2CCCNN2)c2cc(-c3coc(CC(NC(=O)OCc4ccccc4)C(=O)O)n3)ccc2n1C(F)C(F)F. The molecule has 0 bridgehead atoms. The first-order valence-electron chi connectivity index (χ1n) is 19.1. The second-order valence-electron chi connectivity index (χ2n) is 15.1. The predicted molar refractivity (Wildman–Crippen MR) is 210 cm³/mol. The van der Waals surface area contributed by atoms with E-state index in [4.69, 9.17) is 18.6 Å². The second kappa shape index (κ2) is 18.9. The van der Waals surface area contributed by atoms with Crippen molar-refractivity contribution in [2.75, 3.05) is 20.3 Å². The van der Waals surface area contributed by atoms with Gasteiger partial charge in [-0.3, -0.25) is 15.2 Å². The van der Waals surface area contributed by atoms with E-state index >= 15 is 4.39 Å². The zero-order chi connectivity index (χ0) is 42.3. The molecule has 0 aliphatic carbocycles. The molecule has 59 heavy (non-hydrogen) atoms. The van der Waals surface area contributed by atoms with Crippen molar-refractivity contribution in [2.24, 2.45) is 5.41 Å². The Kier molecular flexibility index (Phi) is 13.7. The molecular weight excluding hydrogens is 773 g/mol. The standard InChI is InChI=1S/C42H47F3N6O8/c1-24(56-4)35-27(12-8-16-46-35)36-29(20-42(2,3)23-59-40(54)30-13-9-17-47-50-30)28-18-26(14-15-33(28)51(36)38(45)37(43)44)32-22-57-34(48-32)19-31(39(52)53)49-41(55)58-21-25-10-6-5-7-11-25/h5-8,10-12,14-16,18,22,24,30-31,37-38,47,50H,9,13,17,19-21,23H2,1-4H3,(H,49,55)(H,52,53)/t24-,30?,31?,38?/m0/s1. The van der Waals surface area contributed by atoms with Gasteiger partial charge < -0.3 is 33.6 Å². The molecule has 3 aromatic heterocycles. The number of esters is 1. The number of hydrogen-bond donors (Lipinski definition) is 4. The van der Waals surface area contributed by atoms with Gasteiger partial charge in [0.2, 0.25) is 6.30 Å². The fraction of sp³-hybridized carbons (Fsp3) is 0.405. The maximum Gasteiger partial charge on any atom is 0.408 e. The first-order chi connectivity index (χ1) is 28.3. The van der Waals surface area contributed by atoms with E-state index in [-0.39, 0.29) is 48.9 Å². The van der Waals surface area contributed by atoms with E-state index in [0.717, 1.165) is 17.5 Å². The molecule has 0 spiro atoms. The third-order valence-electron chi connectivity index (χ3n) is 10.0. The van der Waals surface area contributed by atoms with Crippen LogP contribution in [-0.2, 0) is 43.2 Å². The fourth-order valence-corrected chi connectivity index (χ4v) is 6.99. The van der Waals surface area contributed by atoms with Crippen LogP contribution in [0.2, 0.25) is 0 Å². The van der Waals surface area contributed by atoms with E-state index in [1.165, 1.54) is 25.6 Å². The number of alkyl halides is 3. The largest absolute Gasteiger partial charge is 0.480 e. The minimum atomic E-state index is -3.40. The Bertz CT molecular complexity index is 2240.